The molecule has 0 aromatic heterocycles. The fraction of sp³-hybridized carbons (Fsp3) is 0.647. The second-order valence-corrected chi connectivity index (χ2v) is 6.26. The molecule has 0 spiro atoms. The summed E-state index contributed by atoms with van der Waals surface area (Å²) in [6.45, 7) is 2.13. The number of benzene rings is 1. The van der Waals surface area contributed by atoms with Crippen LogP contribution in [0.4, 0.5) is 0 Å². The molecule has 0 heterocycles. The zero-order chi connectivity index (χ0) is 14.8. The van der Waals surface area contributed by atoms with E-state index in [-0.39, 0.29) is 11.6 Å². The third kappa shape index (κ3) is 2.70. The van der Waals surface area contributed by atoms with E-state index in [2.05, 4.69) is 38.1 Å². The van der Waals surface area contributed by atoms with E-state index in [1.165, 1.54) is 43.2 Å². The van der Waals surface area contributed by atoms with Crippen molar-refractivity contribution in [3.63, 3.8) is 0 Å². The second-order valence-electron chi connectivity index (χ2n) is 6.26. The van der Waals surface area contributed by atoms with Crippen molar-refractivity contribution in [3.05, 3.63) is 29.3 Å². The second kappa shape index (κ2) is 6.15. The molecule has 0 radical (unpaired) electrons. The van der Waals surface area contributed by atoms with Gasteiger partial charge in [-0.05, 0) is 57.1 Å². The van der Waals surface area contributed by atoms with Crippen LogP contribution < -0.4 is 10.5 Å². The lowest BCUT2D eigenvalue weighted by Crippen LogP contribution is -2.53. The Bertz CT molecular complexity index is 450. The van der Waals surface area contributed by atoms with Gasteiger partial charge in [-0.3, -0.25) is 0 Å². The molecule has 1 aromatic carbocycles. The maximum absolute atomic E-state index is 6.72. The Labute approximate surface area is 123 Å². The van der Waals surface area contributed by atoms with Crippen LogP contribution in [-0.2, 0) is 0 Å². The predicted octanol–water partition coefficient (Wildman–Crippen LogP) is 3.27. The molecule has 3 nitrogen and oxygen atoms in total. The number of hydrogen-bond acceptors (Lipinski definition) is 3. The third-order valence-electron chi connectivity index (χ3n) is 5.00. The molecule has 1 unspecified atom stereocenters. The summed E-state index contributed by atoms with van der Waals surface area (Å²) in [5.41, 5.74) is 9.29. The molecule has 0 bridgehead atoms. The summed E-state index contributed by atoms with van der Waals surface area (Å²) < 4.78 is 5.30. The number of hydrogen-bond donors (Lipinski definition) is 1. The van der Waals surface area contributed by atoms with Gasteiger partial charge in [-0.25, -0.2) is 0 Å². The smallest absolute Gasteiger partial charge is 0.119 e. The first-order chi connectivity index (χ1) is 9.51. The lowest BCUT2D eigenvalue weighted by atomic mass is 9.73. The van der Waals surface area contributed by atoms with Crippen LogP contribution in [0.2, 0.25) is 0 Å². The SMILES string of the molecule is COc1ccc(C(N)C2(N(C)C)CCCCC2)c(C)c1. The van der Waals surface area contributed by atoms with E-state index < -0.39 is 0 Å². The summed E-state index contributed by atoms with van der Waals surface area (Å²) in [5.74, 6) is 0.904. The summed E-state index contributed by atoms with van der Waals surface area (Å²) in [5, 5.41) is 0. The Morgan fingerprint density at radius 2 is 1.85 bits per heavy atom. The van der Waals surface area contributed by atoms with Gasteiger partial charge in [0.15, 0.2) is 0 Å². The highest BCUT2D eigenvalue weighted by atomic mass is 16.5. The van der Waals surface area contributed by atoms with Crippen molar-refractivity contribution in [1.29, 1.82) is 0 Å². The third-order valence-corrected chi connectivity index (χ3v) is 5.00. The van der Waals surface area contributed by atoms with E-state index in [1.807, 2.05) is 6.07 Å². The Kier molecular flexibility index (Phi) is 4.71. The molecule has 0 saturated heterocycles. The molecule has 1 aliphatic carbocycles. The monoisotopic (exact) mass is 276 g/mol. The molecule has 1 aromatic rings. The molecule has 2 rings (SSSR count). The quantitative estimate of drug-likeness (QED) is 0.917. The first-order valence-electron chi connectivity index (χ1n) is 7.59. The van der Waals surface area contributed by atoms with Crippen LogP contribution in [-0.4, -0.2) is 31.6 Å². The number of ether oxygens (including phenoxy) is 1. The van der Waals surface area contributed by atoms with Gasteiger partial charge in [0, 0.05) is 11.6 Å². The topological polar surface area (TPSA) is 38.5 Å². The summed E-state index contributed by atoms with van der Waals surface area (Å²) in [7, 11) is 6.05. The van der Waals surface area contributed by atoms with Gasteiger partial charge in [0.1, 0.15) is 5.75 Å². The van der Waals surface area contributed by atoms with Crippen LogP contribution in [0.25, 0.3) is 0 Å². The molecule has 1 saturated carbocycles. The molecular weight excluding hydrogens is 248 g/mol. The van der Waals surface area contributed by atoms with Gasteiger partial charge < -0.3 is 15.4 Å². The molecule has 1 aliphatic rings. The van der Waals surface area contributed by atoms with Crippen LogP contribution in [0, 0.1) is 6.92 Å². The van der Waals surface area contributed by atoms with Crippen molar-refractivity contribution in [2.45, 2.75) is 50.6 Å². The van der Waals surface area contributed by atoms with Crippen molar-refractivity contribution in [1.82, 2.24) is 4.90 Å². The van der Waals surface area contributed by atoms with Gasteiger partial charge in [0.05, 0.1) is 7.11 Å². The van der Waals surface area contributed by atoms with E-state index in [0.717, 1.165) is 5.75 Å². The fourth-order valence-electron chi connectivity index (χ4n) is 3.61. The summed E-state index contributed by atoms with van der Waals surface area (Å²) in [6, 6.07) is 6.30. The van der Waals surface area contributed by atoms with Crippen molar-refractivity contribution >= 4 is 0 Å². The Balaban J connectivity index is 2.34. The predicted molar refractivity (Wildman–Crippen MR) is 84.2 cm³/mol. The minimum atomic E-state index is 0.0590. The number of aryl methyl sites for hydroxylation is 1. The largest absolute Gasteiger partial charge is 0.497 e. The first-order valence-corrected chi connectivity index (χ1v) is 7.59. The van der Waals surface area contributed by atoms with Gasteiger partial charge in [-0.1, -0.05) is 25.3 Å². The zero-order valence-electron chi connectivity index (χ0n) is 13.3. The van der Waals surface area contributed by atoms with Gasteiger partial charge in [-0.2, -0.15) is 0 Å². The Morgan fingerprint density at radius 3 is 2.35 bits per heavy atom. The van der Waals surface area contributed by atoms with E-state index in [0.29, 0.717) is 0 Å². The lowest BCUT2D eigenvalue weighted by molar-refractivity contribution is 0.0711. The minimum Gasteiger partial charge on any atom is -0.497 e. The maximum atomic E-state index is 6.72. The molecule has 3 heteroatoms. The molecule has 1 atom stereocenters. The van der Waals surface area contributed by atoms with Crippen molar-refractivity contribution in [2.75, 3.05) is 21.2 Å². The number of nitrogens with two attached hydrogens (primary N) is 1. The zero-order valence-corrected chi connectivity index (χ0v) is 13.3. The number of nitrogens with zero attached hydrogens (tertiary/aromatic N) is 1. The van der Waals surface area contributed by atoms with E-state index >= 15 is 0 Å². The summed E-state index contributed by atoms with van der Waals surface area (Å²) in [4.78, 5) is 2.35. The molecule has 20 heavy (non-hydrogen) atoms. The fourth-order valence-corrected chi connectivity index (χ4v) is 3.61. The molecule has 0 amide bonds. The highest BCUT2D eigenvalue weighted by Gasteiger charge is 2.41. The normalized spacial score (nSPS) is 19.9. The van der Waals surface area contributed by atoms with E-state index in [1.54, 1.807) is 7.11 Å². The summed E-state index contributed by atoms with van der Waals surface area (Å²) >= 11 is 0. The van der Waals surface area contributed by atoms with Crippen LogP contribution in [0.5, 0.6) is 5.75 Å². The van der Waals surface area contributed by atoms with Gasteiger partial charge in [-0.15, -0.1) is 0 Å². The van der Waals surface area contributed by atoms with Crippen molar-refractivity contribution in [3.8, 4) is 5.75 Å². The van der Waals surface area contributed by atoms with Gasteiger partial charge >= 0.3 is 0 Å². The molecule has 0 aliphatic heterocycles. The van der Waals surface area contributed by atoms with Crippen LogP contribution >= 0.6 is 0 Å². The van der Waals surface area contributed by atoms with Gasteiger partial charge in [0.2, 0.25) is 0 Å². The average molecular weight is 276 g/mol. The molecule has 2 N–H and O–H groups in total. The lowest BCUT2D eigenvalue weighted by Gasteiger charge is -2.47. The Hall–Kier alpha value is -1.06. The van der Waals surface area contributed by atoms with Crippen molar-refractivity contribution in [2.24, 2.45) is 5.73 Å². The minimum absolute atomic E-state index is 0.0590. The highest BCUT2D eigenvalue weighted by Crippen LogP contribution is 2.41. The molecule has 1 fully saturated rings. The van der Waals surface area contributed by atoms with Crippen molar-refractivity contribution < 1.29 is 4.74 Å². The summed E-state index contributed by atoms with van der Waals surface area (Å²) in [6.07, 6.45) is 6.27. The van der Waals surface area contributed by atoms with Crippen LogP contribution in [0.3, 0.4) is 0 Å². The van der Waals surface area contributed by atoms with Crippen LogP contribution in [0.1, 0.15) is 49.3 Å². The maximum Gasteiger partial charge on any atom is 0.119 e. The van der Waals surface area contributed by atoms with E-state index in [4.69, 9.17) is 10.5 Å². The van der Waals surface area contributed by atoms with Gasteiger partial charge in [0.25, 0.3) is 0 Å². The standard InChI is InChI=1S/C17H28N2O/c1-13-12-14(20-4)8-9-15(13)16(18)17(19(2)3)10-6-5-7-11-17/h8-9,12,16H,5-7,10-11,18H2,1-4H3. The number of likely N-dealkylation sites (N-methyl/N-ethyl adjacent to an activating group) is 1. The first kappa shape index (κ1) is 15.3. The highest BCUT2D eigenvalue weighted by molar-refractivity contribution is 5.38. The van der Waals surface area contributed by atoms with E-state index in [9.17, 15) is 0 Å². The number of rotatable bonds is 4. The molecule has 112 valence electrons. The van der Waals surface area contributed by atoms with Crippen LogP contribution in [0.15, 0.2) is 18.2 Å². The molecular formula is C17H28N2O. The number of methoxy groups -OCH3 is 1. The average Bonchev–Trinajstić information content (AvgIpc) is 2.47. The Morgan fingerprint density at radius 1 is 1.20 bits per heavy atom.